The second kappa shape index (κ2) is 8.93. The van der Waals surface area contributed by atoms with Gasteiger partial charge in [-0.1, -0.05) is 19.1 Å². The van der Waals surface area contributed by atoms with Crippen LogP contribution < -0.4 is 10.6 Å². The molecule has 1 rings (SSSR count). The predicted octanol–water partition coefficient (Wildman–Crippen LogP) is 2.64. The van der Waals surface area contributed by atoms with Gasteiger partial charge >= 0.3 is 0 Å². The van der Waals surface area contributed by atoms with E-state index in [-0.39, 0.29) is 24.1 Å². The van der Waals surface area contributed by atoms with Gasteiger partial charge in [-0.15, -0.1) is 12.4 Å². The van der Waals surface area contributed by atoms with Crippen LogP contribution in [0.4, 0.5) is 4.39 Å². The summed E-state index contributed by atoms with van der Waals surface area (Å²) in [6.07, 6.45) is 1.08. The van der Waals surface area contributed by atoms with Crippen molar-refractivity contribution in [3.8, 4) is 0 Å². The van der Waals surface area contributed by atoms with E-state index in [0.29, 0.717) is 6.54 Å². The van der Waals surface area contributed by atoms with Crippen molar-refractivity contribution in [3.05, 3.63) is 35.6 Å². The zero-order valence-electron chi connectivity index (χ0n) is 12.3. The van der Waals surface area contributed by atoms with Crippen molar-refractivity contribution in [1.82, 2.24) is 10.6 Å². The van der Waals surface area contributed by atoms with Gasteiger partial charge in [0.25, 0.3) is 0 Å². The van der Waals surface area contributed by atoms with Gasteiger partial charge in [0.15, 0.2) is 0 Å². The third-order valence-electron chi connectivity index (χ3n) is 3.15. The van der Waals surface area contributed by atoms with E-state index >= 15 is 0 Å². The van der Waals surface area contributed by atoms with Gasteiger partial charge < -0.3 is 10.6 Å². The first-order valence-electron chi connectivity index (χ1n) is 6.73. The van der Waals surface area contributed by atoms with Crippen LogP contribution in [-0.2, 0) is 10.2 Å². The molecule has 0 bridgehead atoms. The summed E-state index contributed by atoms with van der Waals surface area (Å²) in [6.45, 7) is 8.10. The Morgan fingerprint density at radius 2 is 1.75 bits per heavy atom. The van der Waals surface area contributed by atoms with Crippen LogP contribution >= 0.6 is 12.4 Å². The summed E-state index contributed by atoms with van der Waals surface area (Å²) in [7, 11) is 0. The summed E-state index contributed by atoms with van der Waals surface area (Å²) in [5.41, 5.74) is 0.159. The highest BCUT2D eigenvalue weighted by atomic mass is 35.5. The molecule has 1 aromatic carbocycles. The molecule has 20 heavy (non-hydrogen) atoms. The van der Waals surface area contributed by atoms with Gasteiger partial charge in [0.2, 0.25) is 5.91 Å². The molecule has 0 spiro atoms. The smallest absolute Gasteiger partial charge is 0.230 e. The lowest BCUT2D eigenvalue weighted by atomic mass is 9.84. The van der Waals surface area contributed by atoms with Crippen LogP contribution in [0.3, 0.4) is 0 Å². The molecule has 0 atom stereocenters. The summed E-state index contributed by atoms with van der Waals surface area (Å²) < 4.78 is 12.9. The summed E-state index contributed by atoms with van der Waals surface area (Å²) in [5.74, 6) is -0.332. The predicted molar refractivity (Wildman–Crippen MR) is 82.8 cm³/mol. The third-order valence-corrected chi connectivity index (χ3v) is 3.15. The minimum atomic E-state index is -0.654. The maximum atomic E-state index is 12.9. The Kier molecular flexibility index (Phi) is 8.42. The van der Waals surface area contributed by atoms with Gasteiger partial charge in [-0.2, -0.15) is 0 Å². The van der Waals surface area contributed by atoms with Crippen molar-refractivity contribution in [2.75, 3.05) is 19.6 Å². The number of rotatable bonds is 7. The second-order valence-electron chi connectivity index (χ2n) is 5.14. The average Bonchev–Trinajstić information content (AvgIpc) is 2.38. The highest BCUT2D eigenvalue weighted by molar-refractivity contribution is 5.87. The summed E-state index contributed by atoms with van der Waals surface area (Å²) >= 11 is 0. The molecular weight excluding hydrogens is 279 g/mol. The number of nitrogens with one attached hydrogen (secondary N) is 2. The lowest BCUT2D eigenvalue weighted by Crippen LogP contribution is -2.42. The number of hydrogen-bond acceptors (Lipinski definition) is 2. The van der Waals surface area contributed by atoms with Crippen molar-refractivity contribution in [2.24, 2.45) is 0 Å². The fourth-order valence-electron chi connectivity index (χ4n) is 1.78. The minimum Gasteiger partial charge on any atom is -0.354 e. The molecule has 0 aliphatic heterocycles. The van der Waals surface area contributed by atoms with Crippen molar-refractivity contribution in [3.63, 3.8) is 0 Å². The quantitative estimate of drug-likeness (QED) is 0.760. The van der Waals surface area contributed by atoms with Gasteiger partial charge in [0.1, 0.15) is 5.82 Å². The van der Waals surface area contributed by atoms with E-state index in [0.717, 1.165) is 25.1 Å². The van der Waals surface area contributed by atoms with E-state index in [4.69, 9.17) is 0 Å². The Labute approximate surface area is 126 Å². The van der Waals surface area contributed by atoms with Crippen molar-refractivity contribution >= 4 is 18.3 Å². The van der Waals surface area contributed by atoms with Gasteiger partial charge in [0, 0.05) is 13.1 Å². The lowest BCUT2D eigenvalue weighted by molar-refractivity contribution is -0.125. The molecule has 0 saturated carbocycles. The SMILES string of the molecule is CCCNCCNC(=O)C(C)(C)c1ccc(F)cc1.Cl. The molecule has 1 amide bonds. The zero-order valence-corrected chi connectivity index (χ0v) is 13.1. The van der Waals surface area contributed by atoms with Gasteiger partial charge in [-0.3, -0.25) is 4.79 Å². The molecule has 1 aromatic rings. The first-order chi connectivity index (χ1) is 8.98. The number of benzene rings is 1. The standard InChI is InChI=1S/C15H23FN2O.ClH/c1-4-9-17-10-11-18-14(19)15(2,3)12-5-7-13(16)8-6-12;/h5-8,17H,4,9-11H2,1-3H3,(H,18,19);1H. The summed E-state index contributed by atoms with van der Waals surface area (Å²) in [5, 5.41) is 6.12. The molecule has 5 heteroatoms. The second-order valence-corrected chi connectivity index (χ2v) is 5.14. The highest BCUT2D eigenvalue weighted by Crippen LogP contribution is 2.23. The minimum absolute atomic E-state index is 0. The molecule has 0 aliphatic carbocycles. The molecule has 0 fully saturated rings. The molecule has 0 aliphatic rings. The van der Waals surface area contributed by atoms with Crippen LogP contribution in [-0.4, -0.2) is 25.5 Å². The van der Waals surface area contributed by atoms with E-state index in [1.807, 2.05) is 13.8 Å². The van der Waals surface area contributed by atoms with Crippen molar-refractivity contribution in [2.45, 2.75) is 32.6 Å². The van der Waals surface area contributed by atoms with E-state index in [1.54, 1.807) is 12.1 Å². The monoisotopic (exact) mass is 302 g/mol. The normalized spacial score (nSPS) is 10.8. The molecule has 0 heterocycles. The number of halogens is 2. The van der Waals surface area contributed by atoms with Gasteiger partial charge in [0.05, 0.1) is 5.41 Å². The van der Waals surface area contributed by atoms with E-state index < -0.39 is 5.41 Å². The van der Waals surface area contributed by atoms with Gasteiger partial charge in [-0.25, -0.2) is 4.39 Å². The number of carbonyl (C=O) groups is 1. The number of amides is 1. The Hall–Kier alpha value is -1.13. The van der Waals surface area contributed by atoms with E-state index in [9.17, 15) is 9.18 Å². The average molecular weight is 303 g/mol. The van der Waals surface area contributed by atoms with Crippen molar-refractivity contribution < 1.29 is 9.18 Å². The molecule has 3 nitrogen and oxygen atoms in total. The Bertz CT molecular complexity index is 407. The first kappa shape index (κ1) is 18.9. The Morgan fingerprint density at radius 1 is 1.15 bits per heavy atom. The molecule has 0 unspecified atom stereocenters. The maximum absolute atomic E-state index is 12.9. The first-order valence-corrected chi connectivity index (χ1v) is 6.73. The van der Waals surface area contributed by atoms with Crippen LogP contribution in [0.5, 0.6) is 0 Å². The Morgan fingerprint density at radius 3 is 2.30 bits per heavy atom. The van der Waals surface area contributed by atoms with Crippen LogP contribution in [0.15, 0.2) is 24.3 Å². The lowest BCUT2D eigenvalue weighted by Gasteiger charge is -2.24. The highest BCUT2D eigenvalue weighted by Gasteiger charge is 2.29. The zero-order chi connectivity index (χ0) is 14.3. The van der Waals surface area contributed by atoms with Crippen LogP contribution in [0.2, 0.25) is 0 Å². The summed E-state index contributed by atoms with van der Waals surface area (Å²) in [4.78, 5) is 12.2. The summed E-state index contributed by atoms with van der Waals surface area (Å²) in [6, 6.07) is 6.08. The third kappa shape index (κ3) is 5.47. The molecule has 0 aromatic heterocycles. The fraction of sp³-hybridized carbons (Fsp3) is 0.533. The molecule has 0 saturated heterocycles. The van der Waals surface area contributed by atoms with E-state index in [1.165, 1.54) is 12.1 Å². The van der Waals surface area contributed by atoms with Crippen LogP contribution in [0.25, 0.3) is 0 Å². The fourth-order valence-corrected chi connectivity index (χ4v) is 1.78. The molecule has 114 valence electrons. The van der Waals surface area contributed by atoms with Gasteiger partial charge in [-0.05, 0) is 44.5 Å². The topological polar surface area (TPSA) is 41.1 Å². The number of hydrogen-bond donors (Lipinski definition) is 2. The van der Waals surface area contributed by atoms with Crippen LogP contribution in [0.1, 0.15) is 32.8 Å². The van der Waals surface area contributed by atoms with Crippen molar-refractivity contribution in [1.29, 1.82) is 0 Å². The Balaban J connectivity index is 0.00000361. The molecule has 2 N–H and O–H groups in total. The maximum Gasteiger partial charge on any atom is 0.230 e. The van der Waals surface area contributed by atoms with Crippen LogP contribution in [0, 0.1) is 5.82 Å². The largest absolute Gasteiger partial charge is 0.354 e. The molecule has 0 radical (unpaired) electrons. The number of carbonyl (C=O) groups excluding carboxylic acids is 1. The van der Waals surface area contributed by atoms with E-state index in [2.05, 4.69) is 17.6 Å². The molecular formula is C15H24ClFN2O.